The van der Waals surface area contributed by atoms with Gasteiger partial charge in [-0.1, -0.05) is 0 Å². The predicted molar refractivity (Wildman–Crippen MR) is 39.6 cm³/mol. The van der Waals surface area contributed by atoms with Gasteiger partial charge >= 0.3 is 5.97 Å². The lowest BCUT2D eigenvalue weighted by atomic mass is 9.96. The average Bonchev–Trinajstić information content (AvgIpc) is 1.82. The second-order valence-corrected chi connectivity index (χ2v) is 3.30. The fraction of sp³-hybridized carbons (Fsp3) is 0.714. The van der Waals surface area contributed by atoms with E-state index in [1.807, 2.05) is 0 Å². The molecule has 0 radical (unpaired) electrons. The van der Waals surface area contributed by atoms with Crippen LogP contribution in [0.15, 0.2) is 0 Å². The van der Waals surface area contributed by atoms with Gasteiger partial charge in [-0.05, 0) is 13.8 Å². The van der Waals surface area contributed by atoms with Crippen molar-refractivity contribution in [2.75, 3.05) is 6.61 Å². The Morgan fingerprint density at radius 3 is 2.75 bits per heavy atom. The summed E-state index contributed by atoms with van der Waals surface area (Å²) in [5.74, 6) is -1.34. The van der Waals surface area contributed by atoms with Gasteiger partial charge < -0.3 is 15.2 Å². The van der Waals surface area contributed by atoms with Crippen LogP contribution in [0.2, 0.25) is 0 Å². The number of ether oxygens (including phenoxy) is 1. The minimum Gasteiger partial charge on any atom is -0.479 e. The summed E-state index contributed by atoms with van der Waals surface area (Å²) >= 11 is 0. The molecule has 1 rings (SSSR count). The Bertz CT molecular complexity index is 223. The molecule has 2 N–H and O–H groups in total. The summed E-state index contributed by atoms with van der Waals surface area (Å²) in [5.41, 5.74) is -0.832. The third-order valence-electron chi connectivity index (χ3n) is 1.72. The smallest absolute Gasteiger partial charge is 0.335 e. The minimum absolute atomic E-state index is 0.180. The zero-order valence-electron chi connectivity index (χ0n) is 6.96. The number of nitrogens with one attached hydrogen (secondary N) is 1. The summed E-state index contributed by atoms with van der Waals surface area (Å²) in [6.45, 7) is 3.05. The number of aliphatic carboxylic acids is 1. The largest absolute Gasteiger partial charge is 0.479 e. The number of carboxylic acids is 1. The van der Waals surface area contributed by atoms with Gasteiger partial charge in [0.05, 0.1) is 5.54 Å². The highest BCUT2D eigenvalue weighted by atomic mass is 16.5. The summed E-state index contributed by atoms with van der Waals surface area (Å²) in [6, 6.07) is 0. The van der Waals surface area contributed by atoms with E-state index in [0.717, 1.165) is 0 Å². The second-order valence-electron chi connectivity index (χ2n) is 3.30. The molecule has 0 bridgehead atoms. The first-order valence-corrected chi connectivity index (χ1v) is 3.59. The molecule has 0 unspecified atom stereocenters. The zero-order chi connectivity index (χ0) is 9.35. The molecule has 1 fully saturated rings. The summed E-state index contributed by atoms with van der Waals surface area (Å²) in [5, 5.41) is 11.2. The number of hydrogen-bond acceptors (Lipinski definition) is 3. The Balaban J connectivity index is 2.77. The second kappa shape index (κ2) is 2.75. The number of morpholine rings is 1. The van der Waals surface area contributed by atoms with Crippen molar-refractivity contribution in [2.24, 2.45) is 0 Å². The first-order chi connectivity index (χ1) is 5.43. The molecular formula is C7H11NO4. The maximum atomic E-state index is 10.8. The summed E-state index contributed by atoms with van der Waals surface area (Å²) in [6.07, 6.45) is -0.963. The van der Waals surface area contributed by atoms with E-state index in [1.54, 1.807) is 13.8 Å². The average molecular weight is 173 g/mol. The Morgan fingerprint density at radius 2 is 2.33 bits per heavy atom. The number of carboxylic acid groups (broad SMARTS) is 1. The molecule has 1 amide bonds. The number of hydrogen-bond donors (Lipinski definition) is 2. The molecule has 5 nitrogen and oxygen atoms in total. The van der Waals surface area contributed by atoms with E-state index in [0.29, 0.717) is 0 Å². The van der Waals surface area contributed by atoms with Gasteiger partial charge in [0.1, 0.15) is 6.61 Å². The third-order valence-corrected chi connectivity index (χ3v) is 1.72. The van der Waals surface area contributed by atoms with Crippen LogP contribution in [0, 0.1) is 0 Å². The fourth-order valence-corrected chi connectivity index (χ4v) is 1.21. The molecule has 1 heterocycles. The molecule has 0 aliphatic carbocycles. The van der Waals surface area contributed by atoms with Crippen LogP contribution in [0.1, 0.15) is 13.8 Å². The Hall–Kier alpha value is -1.10. The first kappa shape index (κ1) is 8.99. The molecule has 5 heteroatoms. The fourth-order valence-electron chi connectivity index (χ4n) is 1.21. The molecule has 12 heavy (non-hydrogen) atoms. The topological polar surface area (TPSA) is 75.6 Å². The van der Waals surface area contributed by atoms with Crippen molar-refractivity contribution in [3.8, 4) is 0 Å². The van der Waals surface area contributed by atoms with Gasteiger partial charge in [0.15, 0.2) is 6.10 Å². The molecule has 1 atom stereocenters. The van der Waals surface area contributed by atoms with E-state index < -0.39 is 17.6 Å². The van der Waals surface area contributed by atoms with E-state index in [9.17, 15) is 9.59 Å². The predicted octanol–water partition coefficient (Wildman–Crippen LogP) is -0.635. The lowest BCUT2D eigenvalue weighted by molar-refractivity contribution is -0.164. The van der Waals surface area contributed by atoms with Crippen LogP contribution in [0.25, 0.3) is 0 Å². The number of carbonyl (C=O) groups excluding carboxylic acids is 1. The van der Waals surface area contributed by atoms with Crippen molar-refractivity contribution in [1.29, 1.82) is 0 Å². The molecule has 0 aromatic heterocycles. The normalized spacial score (nSPS) is 27.8. The maximum absolute atomic E-state index is 10.8. The Kier molecular flexibility index (Phi) is 2.06. The summed E-state index contributed by atoms with van der Waals surface area (Å²) in [7, 11) is 0. The highest BCUT2D eigenvalue weighted by Gasteiger charge is 2.41. The highest BCUT2D eigenvalue weighted by molar-refractivity contribution is 5.83. The van der Waals surface area contributed by atoms with Gasteiger partial charge in [0.25, 0.3) is 0 Å². The third kappa shape index (κ3) is 1.55. The maximum Gasteiger partial charge on any atom is 0.335 e. The first-order valence-electron chi connectivity index (χ1n) is 3.59. The van der Waals surface area contributed by atoms with Crippen molar-refractivity contribution in [2.45, 2.75) is 25.5 Å². The van der Waals surface area contributed by atoms with Crippen LogP contribution >= 0.6 is 0 Å². The monoisotopic (exact) mass is 173 g/mol. The Labute approximate surface area is 69.7 Å². The van der Waals surface area contributed by atoms with Crippen LogP contribution in [0.4, 0.5) is 0 Å². The van der Waals surface area contributed by atoms with E-state index >= 15 is 0 Å². The van der Waals surface area contributed by atoms with E-state index in [-0.39, 0.29) is 12.5 Å². The number of amides is 1. The molecule has 0 saturated carbocycles. The van der Waals surface area contributed by atoms with Crippen molar-refractivity contribution in [3.05, 3.63) is 0 Å². The van der Waals surface area contributed by atoms with Crippen molar-refractivity contribution >= 4 is 11.9 Å². The van der Waals surface area contributed by atoms with Crippen LogP contribution in [0.5, 0.6) is 0 Å². The van der Waals surface area contributed by atoms with E-state index in [2.05, 4.69) is 5.32 Å². The molecule has 1 aliphatic heterocycles. The molecule has 1 saturated heterocycles. The minimum atomic E-state index is -1.06. The standard InChI is InChI=1S/C7H11NO4/c1-7(2)5(6(10)11)12-3-4(9)8-7/h5H,3H2,1-2H3,(H,8,9)(H,10,11)/t5-/m0/s1. The van der Waals surface area contributed by atoms with Gasteiger partial charge in [-0.25, -0.2) is 4.79 Å². The van der Waals surface area contributed by atoms with Crippen LogP contribution in [-0.2, 0) is 14.3 Å². The summed E-state index contributed by atoms with van der Waals surface area (Å²) in [4.78, 5) is 21.4. The zero-order valence-corrected chi connectivity index (χ0v) is 6.96. The highest BCUT2D eigenvalue weighted by Crippen LogP contribution is 2.16. The van der Waals surface area contributed by atoms with Crippen LogP contribution < -0.4 is 5.32 Å². The summed E-state index contributed by atoms with van der Waals surface area (Å²) < 4.78 is 4.86. The van der Waals surface area contributed by atoms with Gasteiger partial charge in [-0.3, -0.25) is 4.79 Å². The van der Waals surface area contributed by atoms with Gasteiger partial charge in [-0.2, -0.15) is 0 Å². The van der Waals surface area contributed by atoms with Crippen molar-refractivity contribution < 1.29 is 19.4 Å². The van der Waals surface area contributed by atoms with Gasteiger partial charge in [0, 0.05) is 0 Å². The lowest BCUT2D eigenvalue weighted by Gasteiger charge is -2.36. The molecule has 0 aromatic carbocycles. The molecule has 1 aliphatic rings. The van der Waals surface area contributed by atoms with E-state index in [1.165, 1.54) is 0 Å². The molecular weight excluding hydrogens is 162 g/mol. The SMILES string of the molecule is CC1(C)NC(=O)CO[C@H]1C(=O)O. The van der Waals surface area contributed by atoms with E-state index in [4.69, 9.17) is 9.84 Å². The molecule has 68 valence electrons. The Morgan fingerprint density at radius 1 is 1.75 bits per heavy atom. The van der Waals surface area contributed by atoms with Crippen molar-refractivity contribution in [1.82, 2.24) is 5.32 Å². The lowest BCUT2D eigenvalue weighted by Crippen LogP contribution is -2.61. The van der Waals surface area contributed by atoms with Crippen molar-refractivity contribution in [3.63, 3.8) is 0 Å². The van der Waals surface area contributed by atoms with Crippen LogP contribution in [-0.4, -0.2) is 35.2 Å². The molecule has 0 spiro atoms. The van der Waals surface area contributed by atoms with Gasteiger partial charge in [-0.15, -0.1) is 0 Å². The van der Waals surface area contributed by atoms with Gasteiger partial charge in [0.2, 0.25) is 5.91 Å². The number of rotatable bonds is 1. The molecule has 0 aromatic rings. The number of carbonyl (C=O) groups is 2. The quantitative estimate of drug-likeness (QED) is 0.553. The van der Waals surface area contributed by atoms with Crippen LogP contribution in [0.3, 0.4) is 0 Å².